The molecule has 1 atom stereocenters. The molecule has 11 heteroatoms. The number of nitrogens with zero attached hydrogens (tertiary/aromatic N) is 3. The molecule has 0 radical (unpaired) electrons. The number of fused-ring (bicyclic) bond motifs is 1. The number of nitrogens with one attached hydrogen (secondary N) is 2. The van der Waals surface area contributed by atoms with Crippen LogP contribution in [0.15, 0.2) is 53.5 Å². The second-order valence-electron chi connectivity index (χ2n) is 9.53. The first-order valence-electron chi connectivity index (χ1n) is 12.3. The quantitative estimate of drug-likeness (QED) is 0.318. The van der Waals surface area contributed by atoms with Crippen LogP contribution in [0.4, 0.5) is 10.5 Å². The van der Waals surface area contributed by atoms with Gasteiger partial charge in [0.05, 0.1) is 16.8 Å². The van der Waals surface area contributed by atoms with Crippen LogP contribution < -0.4 is 16.2 Å². The minimum Gasteiger partial charge on any atom is -0.465 e. The molecule has 1 aromatic carbocycles. The van der Waals surface area contributed by atoms with Crippen molar-refractivity contribution in [1.82, 2.24) is 19.8 Å². The molecule has 10 nitrogen and oxygen atoms in total. The number of anilines is 1. The number of pyridine rings is 1. The third-order valence-electron chi connectivity index (χ3n) is 5.69. The first kappa shape index (κ1) is 28.6. The van der Waals surface area contributed by atoms with Crippen molar-refractivity contribution in [3.05, 3.63) is 69.6 Å². The number of allylic oxidation sites excluding steroid dienone is 1. The van der Waals surface area contributed by atoms with Gasteiger partial charge in [0.1, 0.15) is 16.7 Å². The maximum absolute atomic E-state index is 13.1. The smallest absolute Gasteiger partial charge is 0.405 e. The van der Waals surface area contributed by atoms with Crippen LogP contribution in [0.3, 0.4) is 0 Å². The summed E-state index contributed by atoms with van der Waals surface area (Å²) in [6, 6.07) is 8.06. The van der Waals surface area contributed by atoms with Gasteiger partial charge in [-0.1, -0.05) is 32.1 Å². The summed E-state index contributed by atoms with van der Waals surface area (Å²) >= 11 is 1.55. The molecule has 202 valence electrons. The van der Waals surface area contributed by atoms with E-state index in [1.165, 1.54) is 27.2 Å². The lowest BCUT2D eigenvalue weighted by molar-refractivity contribution is -0.123. The van der Waals surface area contributed by atoms with Crippen molar-refractivity contribution < 1.29 is 19.5 Å². The van der Waals surface area contributed by atoms with Crippen LogP contribution in [0.5, 0.6) is 0 Å². The molecule has 38 heavy (non-hydrogen) atoms. The fourth-order valence-electron chi connectivity index (χ4n) is 3.86. The summed E-state index contributed by atoms with van der Waals surface area (Å²) in [5.74, 6) is -0.371. The number of amides is 3. The number of aromatic nitrogens is 2. The van der Waals surface area contributed by atoms with Gasteiger partial charge in [-0.2, -0.15) is 0 Å². The predicted molar refractivity (Wildman–Crippen MR) is 149 cm³/mol. The van der Waals surface area contributed by atoms with Crippen molar-refractivity contribution in [2.24, 2.45) is 5.92 Å². The Morgan fingerprint density at radius 3 is 2.63 bits per heavy atom. The fraction of sp³-hybridized carbons (Fsp3) is 0.370. The molecule has 0 fully saturated rings. The Morgan fingerprint density at radius 1 is 1.18 bits per heavy atom. The fourth-order valence-corrected chi connectivity index (χ4v) is 4.94. The zero-order valence-electron chi connectivity index (χ0n) is 21.9. The van der Waals surface area contributed by atoms with Gasteiger partial charge in [0, 0.05) is 20.3 Å². The number of likely N-dealkylation sites (N-methyl/N-ethyl adjacent to an activating group) is 1. The number of carboxylic acid groups (broad SMARTS) is 1. The van der Waals surface area contributed by atoms with Crippen molar-refractivity contribution in [2.45, 2.75) is 45.7 Å². The molecular formula is C27H33N5O5S. The highest BCUT2D eigenvalue weighted by Crippen LogP contribution is 2.28. The average Bonchev–Trinajstić information content (AvgIpc) is 3.26. The molecular weight excluding hydrogens is 506 g/mol. The van der Waals surface area contributed by atoms with Crippen LogP contribution in [0.2, 0.25) is 0 Å². The highest BCUT2D eigenvalue weighted by molar-refractivity contribution is 7.18. The van der Waals surface area contributed by atoms with E-state index in [1.54, 1.807) is 43.8 Å². The summed E-state index contributed by atoms with van der Waals surface area (Å²) in [5.41, 5.74) is 1.74. The maximum atomic E-state index is 13.1. The van der Waals surface area contributed by atoms with Crippen molar-refractivity contribution in [3.63, 3.8) is 0 Å². The molecule has 3 amide bonds. The minimum atomic E-state index is -1.36. The summed E-state index contributed by atoms with van der Waals surface area (Å²) in [5, 5.41) is 14.7. The first-order valence-corrected chi connectivity index (χ1v) is 13.1. The molecule has 0 aliphatic heterocycles. The van der Waals surface area contributed by atoms with Crippen molar-refractivity contribution >= 4 is 45.1 Å². The van der Waals surface area contributed by atoms with Crippen LogP contribution in [0.1, 0.15) is 37.3 Å². The van der Waals surface area contributed by atoms with Crippen molar-refractivity contribution in [3.8, 4) is 0 Å². The van der Waals surface area contributed by atoms with E-state index in [4.69, 9.17) is 10.1 Å². The third-order valence-corrected chi connectivity index (χ3v) is 6.82. The van der Waals surface area contributed by atoms with Crippen LogP contribution in [0, 0.1) is 5.92 Å². The van der Waals surface area contributed by atoms with E-state index in [0.29, 0.717) is 5.92 Å². The summed E-state index contributed by atoms with van der Waals surface area (Å²) in [4.78, 5) is 55.0. The number of rotatable bonds is 11. The van der Waals surface area contributed by atoms with Gasteiger partial charge < -0.3 is 25.2 Å². The SMILES string of the molecule is CC(C)Cc1cccc2nc(Cn3cccc(NC(=O)[C@H](CC/C=C/C(=O)N(C)C)NC(=O)O)c3=O)sc12. The molecule has 0 unspecified atom stereocenters. The molecule has 3 N–H and O–H groups in total. The van der Waals surface area contributed by atoms with Crippen molar-refractivity contribution in [1.29, 1.82) is 0 Å². The van der Waals surface area contributed by atoms with Crippen LogP contribution in [-0.4, -0.2) is 57.6 Å². The number of carbonyl (C=O) groups excluding carboxylic acids is 2. The molecule has 2 aromatic heterocycles. The molecule has 3 aromatic rings. The normalized spacial score (nSPS) is 12.1. The Hall–Kier alpha value is -3.99. The Kier molecular flexibility index (Phi) is 9.78. The number of benzene rings is 1. The molecule has 0 saturated heterocycles. The highest BCUT2D eigenvalue weighted by atomic mass is 32.1. The zero-order valence-corrected chi connectivity index (χ0v) is 22.7. The summed E-state index contributed by atoms with van der Waals surface area (Å²) < 4.78 is 2.57. The monoisotopic (exact) mass is 539 g/mol. The molecule has 0 saturated carbocycles. The van der Waals surface area contributed by atoms with E-state index in [1.807, 2.05) is 12.1 Å². The second-order valence-corrected chi connectivity index (χ2v) is 10.6. The Labute approximate surface area is 225 Å². The Balaban J connectivity index is 1.74. The lowest BCUT2D eigenvalue weighted by Gasteiger charge is -2.16. The van der Waals surface area contributed by atoms with Gasteiger partial charge in [0.15, 0.2) is 0 Å². The van der Waals surface area contributed by atoms with Crippen LogP contribution >= 0.6 is 11.3 Å². The van der Waals surface area contributed by atoms with Gasteiger partial charge in [0.2, 0.25) is 11.8 Å². The number of thiazole rings is 1. The van der Waals surface area contributed by atoms with Crippen LogP contribution in [0.25, 0.3) is 10.2 Å². The van der Waals surface area contributed by atoms with Gasteiger partial charge in [-0.25, -0.2) is 9.78 Å². The molecule has 0 bridgehead atoms. The highest BCUT2D eigenvalue weighted by Gasteiger charge is 2.21. The number of hydrogen-bond donors (Lipinski definition) is 3. The van der Waals surface area contributed by atoms with Gasteiger partial charge in [-0.05, 0) is 55.0 Å². The van der Waals surface area contributed by atoms with E-state index in [-0.39, 0.29) is 31.0 Å². The Morgan fingerprint density at radius 2 is 1.95 bits per heavy atom. The predicted octanol–water partition coefficient (Wildman–Crippen LogP) is 3.70. The molecule has 0 aliphatic carbocycles. The van der Waals surface area contributed by atoms with Gasteiger partial charge in [-0.3, -0.25) is 14.4 Å². The maximum Gasteiger partial charge on any atom is 0.405 e. The standard InChI is InChI=1S/C27H33N5O5S/c1-17(2)15-18-9-7-11-19-24(18)38-22(28-19)16-32-14-8-12-21(26(32)35)29-25(34)20(30-27(36)37)10-5-6-13-23(33)31(3)4/h6-9,11-14,17,20,30H,5,10,15-16H2,1-4H3,(H,29,34)(H,36,37)/b13-6+/t20-/m0/s1. The molecule has 2 heterocycles. The summed E-state index contributed by atoms with van der Waals surface area (Å²) in [7, 11) is 3.23. The van der Waals surface area contributed by atoms with Crippen LogP contribution in [-0.2, 0) is 22.6 Å². The number of hydrogen-bond acceptors (Lipinski definition) is 6. The molecule has 0 aliphatic rings. The van der Waals surface area contributed by atoms with E-state index in [0.717, 1.165) is 21.6 Å². The van der Waals surface area contributed by atoms with E-state index in [9.17, 15) is 19.2 Å². The largest absolute Gasteiger partial charge is 0.465 e. The van der Waals surface area contributed by atoms with Gasteiger partial charge >= 0.3 is 6.09 Å². The topological polar surface area (TPSA) is 134 Å². The average molecular weight is 540 g/mol. The third kappa shape index (κ3) is 7.75. The summed E-state index contributed by atoms with van der Waals surface area (Å²) in [6.45, 7) is 4.57. The van der Waals surface area contributed by atoms with E-state index in [2.05, 4.69) is 30.5 Å². The minimum absolute atomic E-state index is 0.0367. The number of carbonyl (C=O) groups is 3. The van der Waals surface area contributed by atoms with Gasteiger partial charge in [-0.15, -0.1) is 11.3 Å². The van der Waals surface area contributed by atoms with Gasteiger partial charge in [0.25, 0.3) is 5.56 Å². The molecule has 3 rings (SSSR count). The lowest BCUT2D eigenvalue weighted by Crippen LogP contribution is -2.44. The lowest BCUT2D eigenvalue weighted by atomic mass is 10.0. The zero-order chi connectivity index (χ0) is 27.8. The van der Waals surface area contributed by atoms with E-state index < -0.39 is 23.6 Å². The molecule has 0 spiro atoms. The second kappa shape index (κ2) is 13.0. The summed E-state index contributed by atoms with van der Waals surface area (Å²) in [6.07, 6.45) is 4.53. The van der Waals surface area contributed by atoms with Crippen molar-refractivity contribution in [2.75, 3.05) is 19.4 Å². The first-order chi connectivity index (χ1) is 18.0. The Bertz CT molecular complexity index is 1390. The van der Waals surface area contributed by atoms with E-state index >= 15 is 0 Å².